The summed E-state index contributed by atoms with van der Waals surface area (Å²) in [7, 11) is 0. The quantitative estimate of drug-likeness (QED) is 0.703. The van der Waals surface area contributed by atoms with Crippen LogP contribution in [-0.4, -0.2) is 56.1 Å². The fourth-order valence-electron chi connectivity index (χ4n) is 3.55. The van der Waals surface area contributed by atoms with Crippen LogP contribution in [0.15, 0.2) is 48.5 Å². The lowest BCUT2D eigenvalue weighted by atomic mass is 10.0. The minimum absolute atomic E-state index is 0.0704. The number of hydrogen-bond donors (Lipinski definition) is 2. The molecule has 160 valence electrons. The van der Waals surface area contributed by atoms with E-state index >= 15 is 0 Å². The highest BCUT2D eigenvalue weighted by Crippen LogP contribution is 2.17. The van der Waals surface area contributed by atoms with Crippen molar-refractivity contribution in [3.63, 3.8) is 0 Å². The largest absolute Gasteiger partial charge is 0.379 e. The van der Waals surface area contributed by atoms with E-state index < -0.39 is 0 Å². The lowest BCUT2D eigenvalue weighted by Crippen LogP contribution is -2.43. The van der Waals surface area contributed by atoms with Crippen LogP contribution in [-0.2, 0) is 9.53 Å². The van der Waals surface area contributed by atoms with Gasteiger partial charge in [-0.1, -0.05) is 48.0 Å². The molecule has 1 fully saturated rings. The second kappa shape index (κ2) is 10.9. The van der Waals surface area contributed by atoms with E-state index in [4.69, 9.17) is 4.74 Å². The average molecular weight is 410 g/mol. The van der Waals surface area contributed by atoms with E-state index in [1.807, 2.05) is 25.1 Å². The van der Waals surface area contributed by atoms with Crippen molar-refractivity contribution in [3.05, 3.63) is 70.8 Å². The standard InChI is InChI=1S/C24H31N3O3/c1-18-7-9-20(10-8-18)22(17-27-13-15-30-16-14-27)26-23(28)11-12-25-24(29)21-6-4-3-5-19(21)2/h3-10,22H,11-17H2,1-2H3,(H,25,29)(H,26,28). The monoisotopic (exact) mass is 409 g/mol. The highest BCUT2D eigenvalue weighted by atomic mass is 16.5. The van der Waals surface area contributed by atoms with E-state index in [1.165, 1.54) is 5.56 Å². The summed E-state index contributed by atoms with van der Waals surface area (Å²) in [6, 6.07) is 15.6. The number of rotatable bonds is 8. The lowest BCUT2D eigenvalue weighted by Gasteiger charge is -2.31. The van der Waals surface area contributed by atoms with Crippen LogP contribution in [0.1, 0.15) is 39.5 Å². The van der Waals surface area contributed by atoms with Crippen molar-refractivity contribution in [3.8, 4) is 0 Å². The van der Waals surface area contributed by atoms with Crippen molar-refractivity contribution in [1.29, 1.82) is 0 Å². The summed E-state index contributed by atoms with van der Waals surface area (Å²) >= 11 is 0. The van der Waals surface area contributed by atoms with Crippen molar-refractivity contribution >= 4 is 11.8 Å². The third-order valence-corrected chi connectivity index (χ3v) is 5.39. The number of nitrogens with zero attached hydrogens (tertiary/aromatic N) is 1. The van der Waals surface area contributed by atoms with Crippen LogP contribution >= 0.6 is 0 Å². The molecule has 6 nitrogen and oxygen atoms in total. The van der Waals surface area contributed by atoms with Gasteiger partial charge in [0.05, 0.1) is 19.3 Å². The van der Waals surface area contributed by atoms with Crippen LogP contribution in [0.4, 0.5) is 0 Å². The zero-order valence-corrected chi connectivity index (χ0v) is 17.8. The molecule has 0 spiro atoms. The topological polar surface area (TPSA) is 70.7 Å². The molecule has 0 radical (unpaired) electrons. The predicted molar refractivity (Wildman–Crippen MR) is 117 cm³/mol. The van der Waals surface area contributed by atoms with Gasteiger partial charge in [-0.3, -0.25) is 14.5 Å². The second-order valence-electron chi connectivity index (χ2n) is 7.76. The smallest absolute Gasteiger partial charge is 0.251 e. The number of amides is 2. The van der Waals surface area contributed by atoms with E-state index in [1.54, 1.807) is 6.07 Å². The van der Waals surface area contributed by atoms with Gasteiger partial charge in [-0.2, -0.15) is 0 Å². The first kappa shape index (κ1) is 22.0. The summed E-state index contributed by atoms with van der Waals surface area (Å²) in [6.07, 6.45) is 0.239. The lowest BCUT2D eigenvalue weighted by molar-refractivity contribution is -0.121. The molecule has 6 heteroatoms. The molecule has 1 aliphatic heterocycles. The van der Waals surface area contributed by atoms with Gasteiger partial charge in [0.15, 0.2) is 0 Å². The number of carbonyl (C=O) groups excluding carboxylic acids is 2. The van der Waals surface area contributed by atoms with Crippen LogP contribution < -0.4 is 10.6 Å². The van der Waals surface area contributed by atoms with E-state index in [9.17, 15) is 9.59 Å². The molecule has 1 saturated heterocycles. The maximum absolute atomic E-state index is 12.6. The molecule has 2 aromatic rings. The minimum atomic E-state index is -0.149. The Bertz CT molecular complexity index is 845. The average Bonchev–Trinajstić information content (AvgIpc) is 2.75. The third kappa shape index (κ3) is 6.40. The Morgan fingerprint density at radius 3 is 2.43 bits per heavy atom. The van der Waals surface area contributed by atoms with Gasteiger partial charge in [-0.25, -0.2) is 0 Å². The van der Waals surface area contributed by atoms with E-state index in [-0.39, 0.29) is 24.3 Å². The molecule has 2 N–H and O–H groups in total. The zero-order valence-electron chi connectivity index (χ0n) is 17.8. The molecule has 1 unspecified atom stereocenters. The minimum Gasteiger partial charge on any atom is -0.379 e. The van der Waals surface area contributed by atoms with Crippen molar-refractivity contribution in [2.45, 2.75) is 26.3 Å². The second-order valence-corrected chi connectivity index (χ2v) is 7.76. The summed E-state index contributed by atoms with van der Waals surface area (Å²) in [5.74, 6) is -0.219. The highest BCUT2D eigenvalue weighted by molar-refractivity contribution is 5.95. The number of ether oxygens (including phenoxy) is 1. The van der Waals surface area contributed by atoms with E-state index in [0.717, 1.165) is 44.0 Å². The van der Waals surface area contributed by atoms with Crippen LogP contribution in [0.25, 0.3) is 0 Å². The number of morpholine rings is 1. The number of benzene rings is 2. The van der Waals surface area contributed by atoms with Gasteiger partial charge in [-0.05, 0) is 31.0 Å². The van der Waals surface area contributed by atoms with Gasteiger partial charge in [0.1, 0.15) is 0 Å². The van der Waals surface area contributed by atoms with Gasteiger partial charge >= 0.3 is 0 Å². The molecule has 0 saturated carbocycles. The summed E-state index contributed by atoms with van der Waals surface area (Å²) in [4.78, 5) is 27.3. The van der Waals surface area contributed by atoms with Gasteiger partial charge in [0.25, 0.3) is 5.91 Å². The van der Waals surface area contributed by atoms with Crippen molar-refractivity contribution in [2.75, 3.05) is 39.4 Å². The molecule has 1 aliphatic rings. The van der Waals surface area contributed by atoms with Crippen LogP contribution in [0.3, 0.4) is 0 Å². The highest BCUT2D eigenvalue weighted by Gasteiger charge is 2.20. The fraction of sp³-hybridized carbons (Fsp3) is 0.417. The Hall–Kier alpha value is -2.70. The maximum atomic E-state index is 12.6. The summed E-state index contributed by atoms with van der Waals surface area (Å²) in [6.45, 7) is 8.18. The van der Waals surface area contributed by atoms with Gasteiger partial charge < -0.3 is 15.4 Å². The third-order valence-electron chi connectivity index (χ3n) is 5.39. The molecular weight excluding hydrogens is 378 g/mol. The van der Waals surface area contributed by atoms with Crippen LogP contribution in [0, 0.1) is 13.8 Å². The molecule has 0 bridgehead atoms. The van der Waals surface area contributed by atoms with Crippen molar-refractivity contribution in [1.82, 2.24) is 15.5 Å². The summed E-state index contributed by atoms with van der Waals surface area (Å²) in [5.41, 5.74) is 3.84. The van der Waals surface area contributed by atoms with Crippen molar-refractivity contribution in [2.24, 2.45) is 0 Å². The van der Waals surface area contributed by atoms with E-state index in [2.05, 4.69) is 46.7 Å². The molecule has 2 amide bonds. The summed E-state index contributed by atoms with van der Waals surface area (Å²) < 4.78 is 5.43. The Labute approximate surface area is 178 Å². The first-order valence-corrected chi connectivity index (χ1v) is 10.5. The van der Waals surface area contributed by atoms with E-state index in [0.29, 0.717) is 12.1 Å². The van der Waals surface area contributed by atoms with Gasteiger partial charge in [0.2, 0.25) is 5.91 Å². The first-order chi connectivity index (χ1) is 14.5. The zero-order chi connectivity index (χ0) is 21.3. The molecule has 0 aromatic heterocycles. The number of carbonyl (C=O) groups is 2. The molecule has 30 heavy (non-hydrogen) atoms. The summed E-state index contributed by atoms with van der Waals surface area (Å²) in [5, 5.41) is 6.00. The van der Waals surface area contributed by atoms with Crippen LogP contribution in [0.2, 0.25) is 0 Å². The fourth-order valence-corrected chi connectivity index (χ4v) is 3.55. The normalized spacial score (nSPS) is 15.4. The van der Waals surface area contributed by atoms with Gasteiger partial charge in [0, 0.05) is 38.2 Å². The maximum Gasteiger partial charge on any atom is 0.251 e. The number of aryl methyl sites for hydroxylation is 2. The SMILES string of the molecule is Cc1ccc(C(CN2CCOCC2)NC(=O)CCNC(=O)c2ccccc2C)cc1. The number of hydrogen-bond acceptors (Lipinski definition) is 4. The Balaban J connectivity index is 1.55. The van der Waals surface area contributed by atoms with Gasteiger partial charge in [-0.15, -0.1) is 0 Å². The molecule has 0 aliphatic carbocycles. The Morgan fingerprint density at radius 1 is 1.03 bits per heavy atom. The number of nitrogens with one attached hydrogen (secondary N) is 2. The Morgan fingerprint density at radius 2 is 1.73 bits per heavy atom. The molecule has 3 rings (SSSR count). The first-order valence-electron chi connectivity index (χ1n) is 10.5. The predicted octanol–water partition coefficient (Wildman–Crippen LogP) is 2.61. The van der Waals surface area contributed by atoms with Crippen molar-refractivity contribution < 1.29 is 14.3 Å². The van der Waals surface area contributed by atoms with Crippen LogP contribution in [0.5, 0.6) is 0 Å². The molecule has 2 aromatic carbocycles. The Kier molecular flexibility index (Phi) is 7.99. The molecule has 1 heterocycles. The molecular formula is C24H31N3O3. The molecule has 1 atom stereocenters.